The van der Waals surface area contributed by atoms with E-state index in [1.807, 2.05) is 0 Å². The van der Waals surface area contributed by atoms with Crippen LogP contribution in [-0.4, -0.2) is 61.9 Å². The van der Waals surface area contributed by atoms with Crippen molar-refractivity contribution < 1.29 is 36.3 Å². The fourth-order valence-corrected chi connectivity index (χ4v) is 2.73. The van der Waals surface area contributed by atoms with Gasteiger partial charge in [-0.25, -0.2) is 22.3 Å². The quantitative estimate of drug-likeness (QED) is 0.635. The van der Waals surface area contributed by atoms with Gasteiger partial charge in [-0.2, -0.15) is 13.2 Å². The maximum Gasteiger partial charge on any atom is 0.409 e. The van der Waals surface area contributed by atoms with Crippen molar-refractivity contribution in [2.45, 2.75) is 18.8 Å². The van der Waals surface area contributed by atoms with Crippen LogP contribution in [0.3, 0.4) is 0 Å². The first-order valence-electron chi connectivity index (χ1n) is 7.16. The number of aromatic carboxylic acids is 1. The first-order chi connectivity index (χ1) is 11.8. The molecular weight excluding hydrogens is 379 g/mol. The first kappa shape index (κ1) is 21.7. The molecule has 0 aliphatic rings. The van der Waals surface area contributed by atoms with E-state index in [1.165, 1.54) is 24.3 Å². The summed E-state index contributed by atoms with van der Waals surface area (Å²) >= 11 is 0. The van der Waals surface area contributed by atoms with Gasteiger partial charge in [0.1, 0.15) is 6.04 Å². The fourth-order valence-electron chi connectivity index (χ4n) is 1.73. The normalized spacial score (nSPS) is 13.3. The van der Waals surface area contributed by atoms with E-state index in [4.69, 9.17) is 5.11 Å². The van der Waals surface area contributed by atoms with Crippen molar-refractivity contribution in [3.05, 3.63) is 35.4 Å². The van der Waals surface area contributed by atoms with Crippen LogP contribution in [-0.2, 0) is 16.6 Å². The summed E-state index contributed by atoms with van der Waals surface area (Å²) in [4.78, 5) is 22.4. The Morgan fingerprint density at radius 2 is 1.73 bits per heavy atom. The molecule has 12 heteroatoms. The lowest BCUT2D eigenvalue weighted by molar-refractivity contribution is -0.148. The van der Waals surface area contributed by atoms with Gasteiger partial charge in [0.25, 0.3) is 0 Å². The largest absolute Gasteiger partial charge is 0.478 e. The van der Waals surface area contributed by atoms with Gasteiger partial charge in [0.05, 0.1) is 11.3 Å². The predicted octanol–water partition coefficient (Wildman–Crippen LogP) is 1.01. The van der Waals surface area contributed by atoms with Gasteiger partial charge in [0, 0.05) is 20.6 Å². The van der Waals surface area contributed by atoms with Gasteiger partial charge in [-0.1, -0.05) is 12.1 Å². The Bertz CT molecular complexity index is 748. The number of carbonyl (C=O) groups excluding carboxylic acids is 1. The topological polar surface area (TPSA) is 116 Å². The van der Waals surface area contributed by atoms with E-state index < -0.39 is 40.0 Å². The molecule has 0 fully saturated rings. The standard InChI is InChI=1S/C14H18F3N3O5S/c1-20(2)26(24,25)8-11(14(15,16)17)19-13(23)18-7-9-3-5-10(6-4-9)12(21)22/h3-6,11H,7-8H2,1-2H3,(H,21,22)(H2,18,19,23). The van der Waals surface area contributed by atoms with Crippen LogP contribution in [0.4, 0.5) is 18.0 Å². The molecule has 0 spiro atoms. The maximum atomic E-state index is 13.0. The van der Waals surface area contributed by atoms with E-state index in [2.05, 4.69) is 5.32 Å². The number of amides is 2. The van der Waals surface area contributed by atoms with Crippen LogP contribution in [0.2, 0.25) is 0 Å². The van der Waals surface area contributed by atoms with Crippen molar-refractivity contribution in [3.63, 3.8) is 0 Å². The number of nitrogens with zero attached hydrogens (tertiary/aromatic N) is 1. The average Bonchev–Trinajstić information content (AvgIpc) is 2.51. The Morgan fingerprint density at radius 3 is 2.15 bits per heavy atom. The number of carboxylic acid groups (broad SMARTS) is 1. The molecule has 1 atom stereocenters. The van der Waals surface area contributed by atoms with E-state index in [1.54, 1.807) is 5.32 Å². The molecule has 0 bridgehead atoms. The van der Waals surface area contributed by atoms with Crippen molar-refractivity contribution in [2.75, 3.05) is 19.8 Å². The number of nitrogens with one attached hydrogen (secondary N) is 2. The monoisotopic (exact) mass is 397 g/mol. The third-order valence-electron chi connectivity index (χ3n) is 3.29. The Morgan fingerprint density at radius 1 is 1.19 bits per heavy atom. The Hall–Kier alpha value is -2.34. The summed E-state index contributed by atoms with van der Waals surface area (Å²) in [6, 6.07) is 1.55. The van der Waals surface area contributed by atoms with Gasteiger partial charge in [-0.05, 0) is 17.7 Å². The van der Waals surface area contributed by atoms with Crippen LogP contribution >= 0.6 is 0 Å². The Kier molecular flexibility index (Phi) is 6.98. The van der Waals surface area contributed by atoms with Crippen LogP contribution in [0.1, 0.15) is 15.9 Å². The molecule has 8 nitrogen and oxygen atoms in total. The third-order valence-corrected chi connectivity index (χ3v) is 5.16. The summed E-state index contributed by atoms with van der Waals surface area (Å²) in [5.74, 6) is -2.47. The molecule has 0 radical (unpaired) electrons. The highest BCUT2D eigenvalue weighted by atomic mass is 32.2. The zero-order valence-corrected chi connectivity index (χ0v) is 14.7. The second-order valence-electron chi connectivity index (χ2n) is 5.48. The van der Waals surface area contributed by atoms with E-state index in [-0.39, 0.29) is 12.1 Å². The van der Waals surface area contributed by atoms with E-state index in [0.29, 0.717) is 9.87 Å². The van der Waals surface area contributed by atoms with Crippen molar-refractivity contribution in [1.82, 2.24) is 14.9 Å². The number of hydrogen-bond acceptors (Lipinski definition) is 4. The smallest absolute Gasteiger partial charge is 0.409 e. The molecule has 26 heavy (non-hydrogen) atoms. The number of halogens is 3. The number of carboxylic acids is 1. The lowest BCUT2D eigenvalue weighted by atomic mass is 10.1. The lowest BCUT2D eigenvalue weighted by Gasteiger charge is -2.23. The highest BCUT2D eigenvalue weighted by Gasteiger charge is 2.43. The van der Waals surface area contributed by atoms with Gasteiger partial charge in [-0.3, -0.25) is 0 Å². The van der Waals surface area contributed by atoms with Crippen molar-refractivity contribution in [1.29, 1.82) is 0 Å². The molecule has 0 heterocycles. The molecule has 1 aromatic rings. The minimum atomic E-state index is -4.95. The van der Waals surface area contributed by atoms with Gasteiger partial charge in [0.2, 0.25) is 10.0 Å². The van der Waals surface area contributed by atoms with Gasteiger partial charge in [0.15, 0.2) is 0 Å². The van der Waals surface area contributed by atoms with Gasteiger partial charge < -0.3 is 15.7 Å². The number of benzene rings is 1. The van der Waals surface area contributed by atoms with Crippen molar-refractivity contribution in [3.8, 4) is 0 Å². The van der Waals surface area contributed by atoms with Gasteiger partial charge >= 0.3 is 18.2 Å². The Labute approximate surface area is 148 Å². The van der Waals surface area contributed by atoms with Crippen molar-refractivity contribution >= 4 is 22.0 Å². The minimum Gasteiger partial charge on any atom is -0.478 e. The summed E-state index contributed by atoms with van der Waals surface area (Å²) in [5, 5.41) is 12.5. The molecular formula is C14H18F3N3O5S. The molecule has 1 rings (SSSR count). The van der Waals surface area contributed by atoms with Crippen LogP contribution in [0.15, 0.2) is 24.3 Å². The molecule has 1 aromatic carbocycles. The number of carbonyl (C=O) groups is 2. The van der Waals surface area contributed by atoms with Crippen LogP contribution in [0.5, 0.6) is 0 Å². The van der Waals surface area contributed by atoms with Crippen molar-refractivity contribution in [2.24, 2.45) is 0 Å². The van der Waals surface area contributed by atoms with E-state index in [9.17, 15) is 31.2 Å². The molecule has 2 amide bonds. The van der Waals surface area contributed by atoms with E-state index in [0.717, 1.165) is 14.1 Å². The Balaban J connectivity index is 2.71. The predicted molar refractivity (Wildman–Crippen MR) is 86.1 cm³/mol. The SMILES string of the molecule is CN(C)S(=O)(=O)CC(NC(=O)NCc1ccc(C(=O)O)cc1)C(F)(F)F. The number of alkyl halides is 3. The lowest BCUT2D eigenvalue weighted by Crippen LogP contribution is -2.53. The minimum absolute atomic E-state index is 0.0178. The molecule has 0 aliphatic heterocycles. The molecule has 0 aromatic heterocycles. The second kappa shape index (κ2) is 8.36. The molecule has 3 N–H and O–H groups in total. The van der Waals surface area contributed by atoms with Crippen LogP contribution in [0.25, 0.3) is 0 Å². The average molecular weight is 397 g/mol. The third kappa shape index (κ3) is 6.52. The second-order valence-corrected chi connectivity index (χ2v) is 7.71. The zero-order chi connectivity index (χ0) is 20.1. The van der Waals surface area contributed by atoms with Crippen LogP contribution < -0.4 is 10.6 Å². The zero-order valence-electron chi connectivity index (χ0n) is 13.9. The summed E-state index contributed by atoms with van der Waals surface area (Å²) < 4.78 is 62.8. The van der Waals surface area contributed by atoms with Gasteiger partial charge in [-0.15, -0.1) is 0 Å². The van der Waals surface area contributed by atoms with E-state index >= 15 is 0 Å². The fraction of sp³-hybridized carbons (Fsp3) is 0.429. The number of rotatable bonds is 7. The molecule has 0 aliphatic carbocycles. The molecule has 0 saturated carbocycles. The number of hydrogen-bond donors (Lipinski definition) is 3. The van der Waals surface area contributed by atoms with Crippen LogP contribution in [0, 0.1) is 0 Å². The summed E-state index contributed by atoms with van der Waals surface area (Å²) in [5.41, 5.74) is 0.471. The molecule has 146 valence electrons. The summed E-state index contributed by atoms with van der Waals surface area (Å²) in [6.07, 6.45) is -4.95. The highest BCUT2D eigenvalue weighted by molar-refractivity contribution is 7.89. The molecule has 1 unspecified atom stereocenters. The highest BCUT2D eigenvalue weighted by Crippen LogP contribution is 2.22. The molecule has 0 saturated heterocycles. The number of urea groups is 1. The maximum absolute atomic E-state index is 13.0. The first-order valence-corrected chi connectivity index (χ1v) is 8.77. The summed E-state index contributed by atoms with van der Waals surface area (Å²) in [7, 11) is -2.02. The summed E-state index contributed by atoms with van der Waals surface area (Å²) in [6.45, 7) is -0.170. The number of sulfonamides is 1.